The summed E-state index contributed by atoms with van der Waals surface area (Å²) in [5.41, 5.74) is 10.0. The predicted octanol–water partition coefficient (Wildman–Crippen LogP) is 5.35. The van der Waals surface area contributed by atoms with Crippen LogP contribution in [0.3, 0.4) is 0 Å². The fourth-order valence-electron chi connectivity index (χ4n) is 3.60. The second-order valence-electron chi connectivity index (χ2n) is 7.09. The third-order valence-corrected chi connectivity index (χ3v) is 5.36. The highest BCUT2D eigenvalue weighted by Gasteiger charge is 2.15. The van der Waals surface area contributed by atoms with Gasteiger partial charge in [0.05, 0.1) is 15.9 Å². The number of benzene rings is 3. The van der Waals surface area contributed by atoms with Gasteiger partial charge in [0.1, 0.15) is 11.6 Å². The zero-order valence-electron chi connectivity index (χ0n) is 16.4. The first-order chi connectivity index (χ1) is 15.1. The van der Waals surface area contributed by atoms with Gasteiger partial charge in [-0.05, 0) is 35.9 Å². The number of nitrogens with zero attached hydrogens (tertiary/aromatic N) is 3. The second-order valence-corrected chi connectivity index (χ2v) is 7.53. The molecule has 0 saturated heterocycles. The van der Waals surface area contributed by atoms with Gasteiger partial charge in [-0.1, -0.05) is 66.2 Å². The standard InChI is InChI=1S/C25H17ClN4O/c26-18-13-14-23(28-15-18)30-24(29-22-8-4-2-6-20(22)25(30)31)17-11-9-16(10-12-17)19-5-1-3-7-21(19)27/h1-15H,27H2. The molecule has 0 radical (unpaired) electrons. The van der Waals surface area contributed by atoms with Crippen LogP contribution in [0.15, 0.2) is 95.9 Å². The van der Waals surface area contributed by atoms with Crippen LogP contribution in [0.1, 0.15) is 0 Å². The molecule has 0 atom stereocenters. The number of aromatic nitrogens is 3. The van der Waals surface area contributed by atoms with E-state index in [0.717, 1.165) is 16.7 Å². The van der Waals surface area contributed by atoms with Crippen molar-refractivity contribution in [2.45, 2.75) is 0 Å². The number of fused-ring (bicyclic) bond motifs is 1. The highest BCUT2D eigenvalue weighted by atomic mass is 35.5. The fraction of sp³-hybridized carbons (Fsp3) is 0. The maximum absolute atomic E-state index is 13.4. The summed E-state index contributed by atoms with van der Waals surface area (Å²) < 4.78 is 1.52. The van der Waals surface area contributed by atoms with E-state index in [9.17, 15) is 4.79 Å². The Labute approximate surface area is 183 Å². The molecule has 2 N–H and O–H groups in total. The number of rotatable bonds is 3. The number of anilines is 1. The highest BCUT2D eigenvalue weighted by Crippen LogP contribution is 2.28. The fourth-order valence-corrected chi connectivity index (χ4v) is 3.71. The lowest BCUT2D eigenvalue weighted by Crippen LogP contribution is -2.22. The number of hydrogen-bond acceptors (Lipinski definition) is 4. The summed E-state index contributed by atoms with van der Waals surface area (Å²) in [5, 5.41) is 1.02. The summed E-state index contributed by atoms with van der Waals surface area (Å²) in [6.45, 7) is 0. The van der Waals surface area contributed by atoms with Gasteiger partial charge in [0, 0.05) is 23.0 Å². The molecule has 0 bridgehead atoms. The van der Waals surface area contributed by atoms with Crippen LogP contribution >= 0.6 is 11.6 Å². The van der Waals surface area contributed by atoms with Crippen LogP contribution in [0, 0.1) is 0 Å². The maximum atomic E-state index is 13.4. The zero-order valence-corrected chi connectivity index (χ0v) is 17.1. The number of pyridine rings is 1. The van der Waals surface area contributed by atoms with Crippen LogP contribution in [0.2, 0.25) is 5.02 Å². The predicted molar refractivity (Wildman–Crippen MR) is 125 cm³/mol. The van der Waals surface area contributed by atoms with Crippen molar-refractivity contribution in [2.24, 2.45) is 0 Å². The SMILES string of the molecule is Nc1ccccc1-c1ccc(-c2nc3ccccc3c(=O)n2-c2ccc(Cl)cn2)cc1. The van der Waals surface area contributed by atoms with E-state index in [1.165, 1.54) is 10.8 Å². The van der Waals surface area contributed by atoms with Crippen LogP contribution in [0.4, 0.5) is 5.69 Å². The van der Waals surface area contributed by atoms with Gasteiger partial charge >= 0.3 is 0 Å². The molecule has 5 aromatic rings. The molecule has 0 spiro atoms. The lowest BCUT2D eigenvalue weighted by atomic mass is 10.0. The molecule has 0 unspecified atom stereocenters. The quantitative estimate of drug-likeness (QED) is 0.396. The molecular weight excluding hydrogens is 408 g/mol. The molecule has 5 rings (SSSR count). The summed E-state index contributed by atoms with van der Waals surface area (Å²) in [5.74, 6) is 0.963. The van der Waals surface area contributed by atoms with Crippen LogP contribution < -0.4 is 11.3 Å². The van der Waals surface area contributed by atoms with Crippen molar-refractivity contribution in [3.63, 3.8) is 0 Å². The molecule has 150 valence electrons. The number of nitrogen functional groups attached to an aromatic ring is 1. The van der Waals surface area contributed by atoms with Crippen LogP contribution in [0.25, 0.3) is 39.2 Å². The molecule has 6 heteroatoms. The summed E-state index contributed by atoms with van der Waals surface area (Å²) in [7, 11) is 0. The Hall–Kier alpha value is -3.96. The molecule has 2 aromatic heterocycles. The summed E-state index contributed by atoms with van der Waals surface area (Å²) >= 11 is 6.00. The Morgan fingerprint density at radius 3 is 2.26 bits per heavy atom. The Balaban J connectivity index is 1.72. The number of halogens is 1. The molecule has 0 fully saturated rings. The minimum Gasteiger partial charge on any atom is -0.398 e. The van der Waals surface area contributed by atoms with E-state index >= 15 is 0 Å². The van der Waals surface area contributed by atoms with E-state index in [1.807, 2.05) is 66.7 Å². The van der Waals surface area contributed by atoms with Gasteiger partial charge in [0.15, 0.2) is 0 Å². The largest absolute Gasteiger partial charge is 0.398 e. The summed E-state index contributed by atoms with van der Waals surface area (Å²) in [6.07, 6.45) is 1.52. The first-order valence-electron chi connectivity index (χ1n) is 9.71. The normalized spacial score (nSPS) is 11.0. The second kappa shape index (κ2) is 7.70. The van der Waals surface area contributed by atoms with Crippen molar-refractivity contribution < 1.29 is 0 Å². The Morgan fingerprint density at radius 2 is 1.52 bits per heavy atom. The zero-order chi connectivity index (χ0) is 21.4. The first-order valence-corrected chi connectivity index (χ1v) is 10.1. The summed E-state index contributed by atoms with van der Waals surface area (Å²) in [4.78, 5) is 22.5. The molecule has 0 amide bonds. The van der Waals surface area contributed by atoms with Gasteiger partial charge in [-0.2, -0.15) is 0 Å². The van der Waals surface area contributed by atoms with E-state index < -0.39 is 0 Å². The maximum Gasteiger partial charge on any atom is 0.267 e. The number of nitrogens with two attached hydrogens (primary N) is 1. The van der Waals surface area contributed by atoms with Crippen molar-refractivity contribution in [2.75, 3.05) is 5.73 Å². The first kappa shape index (κ1) is 19.0. The minimum atomic E-state index is -0.188. The number of hydrogen-bond donors (Lipinski definition) is 1. The van der Waals surface area contributed by atoms with E-state index in [0.29, 0.717) is 33.3 Å². The van der Waals surface area contributed by atoms with Gasteiger partial charge < -0.3 is 5.73 Å². The molecular formula is C25H17ClN4O. The van der Waals surface area contributed by atoms with Crippen molar-refractivity contribution in [3.05, 3.63) is 107 Å². The monoisotopic (exact) mass is 424 g/mol. The topological polar surface area (TPSA) is 73.8 Å². The Kier molecular flexibility index (Phi) is 4.73. The summed E-state index contributed by atoms with van der Waals surface area (Å²) in [6, 6.07) is 26.2. The molecule has 5 nitrogen and oxygen atoms in total. The molecule has 0 aliphatic heterocycles. The van der Waals surface area contributed by atoms with Gasteiger partial charge in [0.2, 0.25) is 0 Å². The van der Waals surface area contributed by atoms with Gasteiger partial charge in [-0.15, -0.1) is 0 Å². The van der Waals surface area contributed by atoms with Crippen LogP contribution in [0.5, 0.6) is 0 Å². The lowest BCUT2D eigenvalue weighted by Gasteiger charge is -2.14. The Bertz CT molecular complexity index is 1460. The van der Waals surface area contributed by atoms with Gasteiger partial charge in [-0.3, -0.25) is 4.79 Å². The van der Waals surface area contributed by atoms with Crippen molar-refractivity contribution >= 4 is 28.2 Å². The highest BCUT2D eigenvalue weighted by molar-refractivity contribution is 6.30. The van der Waals surface area contributed by atoms with E-state index in [2.05, 4.69) is 4.98 Å². The van der Waals surface area contributed by atoms with E-state index in [4.69, 9.17) is 22.3 Å². The van der Waals surface area contributed by atoms with Crippen molar-refractivity contribution in [3.8, 4) is 28.3 Å². The average Bonchev–Trinajstić information content (AvgIpc) is 2.80. The molecule has 0 aliphatic rings. The smallest absolute Gasteiger partial charge is 0.267 e. The molecule has 0 saturated carbocycles. The molecule has 0 aliphatic carbocycles. The van der Waals surface area contributed by atoms with Crippen molar-refractivity contribution in [1.82, 2.24) is 14.5 Å². The third kappa shape index (κ3) is 3.45. The molecule has 31 heavy (non-hydrogen) atoms. The van der Waals surface area contributed by atoms with Gasteiger partial charge in [-0.25, -0.2) is 14.5 Å². The molecule has 3 aromatic carbocycles. The molecule has 2 heterocycles. The lowest BCUT2D eigenvalue weighted by molar-refractivity contribution is 0.932. The van der Waals surface area contributed by atoms with E-state index in [1.54, 1.807) is 18.2 Å². The average molecular weight is 425 g/mol. The van der Waals surface area contributed by atoms with Crippen LogP contribution in [-0.2, 0) is 0 Å². The minimum absolute atomic E-state index is 0.188. The van der Waals surface area contributed by atoms with Gasteiger partial charge in [0.25, 0.3) is 5.56 Å². The Morgan fingerprint density at radius 1 is 0.806 bits per heavy atom. The third-order valence-electron chi connectivity index (χ3n) is 5.13. The van der Waals surface area contributed by atoms with Crippen molar-refractivity contribution in [1.29, 1.82) is 0 Å². The number of para-hydroxylation sites is 2. The van der Waals surface area contributed by atoms with Crippen LogP contribution in [-0.4, -0.2) is 14.5 Å². The van der Waals surface area contributed by atoms with E-state index in [-0.39, 0.29) is 5.56 Å².